The van der Waals surface area contributed by atoms with Crippen molar-refractivity contribution in [3.63, 3.8) is 0 Å². The second-order valence-corrected chi connectivity index (χ2v) is 8.71. The van der Waals surface area contributed by atoms with Gasteiger partial charge in [-0.2, -0.15) is 4.31 Å². The van der Waals surface area contributed by atoms with Crippen molar-refractivity contribution in [3.05, 3.63) is 21.8 Å². The molecule has 2 aromatic rings. The van der Waals surface area contributed by atoms with Crippen LogP contribution >= 0.6 is 22.9 Å². The highest BCUT2D eigenvalue weighted by Crippen LogP contribution is 2.29. The van der Waals surface area contributed by atoms with Crippen molar-refractivity contribution in [2.45, 2.75) is 37.1 Å². The summed E-state index contributed by atoms with van der Waals surface area (Å²) in [6.07, 6.45) is 1.92. The lowest BCUT2D eigenvalue weighted by Gasteiger charge is -2.16. The van der Waals surface area contributed by atoms with E-state index in [0.717, 1.165) is 36.5 Å². The summed E-state index contributed by atoms with van der Waals surface area (Å²) in [5, 5.41) is 8.17. The van der Waals surface area contributed by atoms with Crippen LogP contribution in [0.3, 0.4) is 0 Å². The highest BCUT2D eigenvalue weighted by molar-refractivity contribution is 7.91. The third-order valence-corrected chi connectivity index (χ3v) is 7.07. The van der Waals surface area contributed by atoms with E-state index in [-0.39, 0.29) is 15.2 Å². The molecule has 1 aliphatic rings. The third-order valence-electron chi connectivity index (χ3n) is 3.42. The van der Waals surface area contributed by atoms with Gasteiger partial charge in [-0.25, -0.2) is 13.4 Å². The molecule has 10 heteroatoms. The molecule has 21 heavy (non-hydrogen) atoms. The molecule has 0 spiro atoms. The Morgan fingerprint density at radius 1 is 1.43 bits per heavy atom. The van der Waals surface area contributed by atoms with Crippen LogP contribution in [0.5, 0.6) is 0 Å². The Morgan fingerprint density at radius 2 is 2.19 bits per heavy atom. The minimum Gasteiger partial charge on any atom is -0.314 e. The first-order valence-corrected chi connectivity index (χ1v) is 9.03. The summed E-state index contributed by atoms with van der Waals surface area (Å²) in [5.74, 6) is 1.59. The molecule has 0 unspecified atom stereocenters. The smallest absolute Gasteiger partial charge is 0.254 e. The second-order valence-electron chi connectivity index (χ2n) is 4.89. The molecule has 7 nitrogen and oxygen atoms in total. The van der Waals surface area contributed by atoms with Crippen LogP contribution < -0.4 is 0 Å². The first-order valence-electron chi connectivity index (χ1n) is 6.40. The number of thiazole rings is 1. The molecule has 0 saturated carbocycles. The van der Waals surface area contributed by atoms with Gasteiger partial charge in [-0.3, -0.25) is 0 Å². The van der Waals surface area contributed by atoms with Gasteiger partial charge in [0.05, 0.1) is 12.2 Å². The molecule has 0 fully saturated rings. The number of hydrogen-bond acceptors (Lipinski definition) is 6. The topological polar surface area (TPSA) is 81.0 Å². The normalized spacial score (nSPS) is 14.9. The first-order chi connectivity index (χ1) is 9.89. The van der Waals surface area contributed by atoms with Crippen LogP contribution in [0.4, 0.5) is 0 Å². The number of rotatable bonds is 4. The van der Waals surface area contributed by atoms with Gasteiger partial charge in [-0.05, 0) is 13.3 Å². The fraction of sp³-hybridized carbons (Fsp3) is 0.545. The van der Waals surface area contributed by atoms with E-state index in [2.05, 4.69) is 15.2 Å². The Morgan fingerprint density at radius 3 is 2.86 bits per heavy atom. The zero-order chi connectivity index (χ0) is 15.2. The van der Waals surface area contributed by atoms with Crippen LogP contribution in [0.15, 0.2) is 4.21 Å². The maximum atomic E-state index is 12.6. The van der Waals surface area contributed by atoms with Crippen molar-refractivity contribution in [1.82, 2.24) is 24.1 Å². The molecule has 3 rings (SSSR count). The summed E-state index contributed by atoms with van der Waals surface area (Å²) in [5.41, 5.74) is 0.420. The van der Waals surface area contributed by atoms with E-state index in [0.29, 0.717) is 11.5 Å². The number of halogens is 1. The van der Waals surface area contributed by atoms with Crippen LogP contribution in [0.2, 0.25) is 4.47 Å². The van der Waals surface area contributed by atoms with E-state index in [1.165, 1.54) is 11.4 Å². The summed E-state index contributed by atoms with van der Waals surface area (Å²) < 4.78 is 28.8. The molecule has 0 N–H and O–H groups in total. The zero-order valence-electron chi connectivity index (χ0n) is 11.6. The average molecular weight is 348 g/mol. The van der Waals surface area contributed by atoms with Crippen LogP contribution in [0, 0.1) is 6.92 Å². The Balaban J connectivity index is 1.87. The van der Waals surface area contributed by atoms with Crippen molar-refractivity contribution in [3.8, 4) is 0 Å². The molecule has 0 aliphatic carbocycles. The molecule has 3 heterocycles. The number of aryl methyl sites for hydroxylation is 2. The minimum atomic E-state index is -3.62. The van der Waals surface area contributed by atoms with Crippen LogP contribution in [0.25, 0.3) is 0 Å². The largest absolute Gasteiger partial charge is 0.314 e. The maximum absolute atomic E-state index is 12.6. The molecule has 0 bridgehead atoms. The van der Waals surface area contributed by atoms with Crippen molar-refractivity contribution >= 4 is 33.0 Å². The highest BCUT2D eigenvalue weighted by Gasteiger charge is 2.28. The Labute approximate surface area is 131 Å². The number of fused-ring (bicyclic) bond motifs is 1. The van der Waals surface area contributed by atoms with Gasteiger partial charge in [-0.1, -0.05) is 22.9 Å². The van der Waals surface area contributed by atoms with E-state index in [9.17, 15) is 8.42 Å². The lowest BCUT2D eigenvalue weighted by atomic mass is 10.4. The van der Waals surface area contributed by atoms with Crippen LogP contribution in [0.1, 0.15) is 23.8 Å². The second kappa shape index (κ2) is 5.31. The highest BCUT2D eigenvalue weighted by atomic mass is 35.5. The molecule has 0 saturated heterocycles. The van der Waals surface area contributed by atoms with Gasteiger partial charge in [0.1, 0.15) is 11.6 Å². The molecule has 0 atom stereocenters. The molecular formula is C11H14ClN5O2S2. The SMILES string of the molecule is Cc1nc(Cl)sc1S(=O)(=O)N(C)Cc1nnc2n1CCC2. The minimum absolute atomic E-state index is 0.177. The average Bonchev–Trinajstić information content (AvgIpc) is 3.07. The van der Waals surface area contributed by atoms with Crippen molar-refractivity contribution in [2.75, 3.05) is 7.05 Å². The lowest BCUT2D eigenvalue weighted by Crippen LogP contribution is -2.27. The predicted octanol–water partition coefficient (Wildman–Crippen LogP) is 1.46. The Kier molecular flexibility index (Phi) is 3.76. The van der Waals surface area contributed by atoms with Gasteiger partial charge >= 0.3 is 0 Å². The predicted molar refractivity (Wildman–Crippen MR) is 78.9 cm³/mol. The van der Waals surface area contributed by atoms with Gasteiger partial charge < -0.3 is 4.57 Å². The quantitative estimate of drug-likeness (QED) is 0.836. The van der Waals surface area contributed by atoms with Gasteiger partial charge in [0.2, 0.25) is 0 Å². The fourth-order valence-corrected chi connectivity index (χ4v) is 5.39. The van der Waals surface area contributed by atoms with Gasteiger partial charge in [0, 0.05) is 20.0 Å². The van der Waals surface area contributed by atoms with Crippen LogP contribution in [-0.2, 0) is 29.5 Å². The number of aromatic nitrogens is 4. The summed E-state index contributed by atoms with van der Waals surface area (Å²) in [6.45, 7) is 2.67. The van der Waals surface area contributed by atoms with Gasteiger partial charge in [0.25, 0.3) is 10.0 Å². The number of nitrogens with zero attached hydrogens (tertiary/aromatic N) is 5. The van der Waals surface area contributed by atoms with Gasteiger partial charge in [0.15, 0.2) is 8.68 Å². The van der Waals surface area contributed by atoms with E-state index in [4.69, 9.17) is 11.6 Å². The summed E-state index contributed by atoms with van der Waals surface area (Å²) in [6, 6.07) is 0. The Bertz CT molecular complexity index is 783. The molecular weight excluding hydrogens is 334 g/mol. The molecule has 0 aromatic carbocycles. The van der Waals surface area contributed by atoms with Crippen LogP contribution in [-0.4, -0.2) is 39.5 Å². The van der Waals surface area contributed by atoms with E-state index >= 15 is 0 Å². The number of sulfonamides is 1. The number of hydrogen-bond donors (Lipinski definition) is 0. The maximum Gasteiger partial charge on any atom is 0.254 e. The molecule has 0 radical (unpaired) electrons. The summed E-state index contributed by atoms with van der Waals surface area (Å²) in [7, 11) is -2.09. The standard InChI is InChI=1S/C11H14ClN5O2S2/c1-7-10(20-11(12)13-7)21(18,19)16(2)6-9-15-14-8-4-3-5-17(8)9/h3-6H2,1-2H3. The molecule has 2 aromatic heterocycles. The lowest BCUT2D eigenvalue weighted by molar-refractivity contribution is 0.448. The molecule has 0 amide bonds. The Hall–Kier alpha value is -1.03. The van der Waals surface area contributed by atoms with Gasteiger partial charge in [-0.15, -0.1) is 10.2 Å². The van der Waals surface area contributed by atoms with E-state index in [1.54, 1.807) is 6.92 Å². The summed E-state index contributed by atoms with van der Waals surface area (Å²) in [4.78, 5) is 3.96. The van der Waals surface area contributed by atoms with Crippen molar-refractivity contribution in [1.29, 1.82) is 0 Å². The first kappa shape index (κ1) is 14.9. The van der Waals surface area contributed by atoms with Crippen molar-refractivity contribution in [2.24, 2.45) is 0 Å². The zero-order valence-corrected chi connectivity index (χ0v) is 14.0. The van der Waals surface area contributed by atoms with E-state index in [1.807, 2.05) is 4.57 Å². The molecule has 1 aliphatic heterocycles. The van der Waals surface area contributed by atoms with Crippen molar-refractivity contribution < 1.29 is 8.42 Å². The summed E-state index contributed by atoms with van der Waals surface area (Å²) >= 11 is 6.76. The molecule has 114 valence electrons. The monoisotopic (exact) mass is 347 g/mol. The third kappa shape index (κ3) is 2.59. The fourth-order valence-electron chi connectivity index (χ4n) is 2.34. The van der Waals surface area contributed by atoms with E-state index < -0.39 is 10.0 Å².